The molecular weight excluding hydrogens is 344 g/mol. The Hall–Kier alpha value is -3.06. The average molecular weight is 364 g/mol. The van der Waals surface area contributed by atoms with E-state index in [2.05, 4.69) is 20.2 Å². The number of H-pyrrole nitrogens is 1. The van der Waals surface area contributed by atoms with Gasteiger partial charge in [-0.1, -0.05) is 18.2 Å². The van der Waals surface area contributed by atoms with Gasteiger partial charge in [-0.25, -0.2) is 4.98 Å². The molecule has 5 rings (SSSR count). The first kappa shape index (κ1) is 16.1. The molecule has 0 saturated heterocycles. The zero-order valence-corrected chi connectivity index (χ0v) is 14.8. The molecule has 1 amide bonds. The molecule has 0 spiro atoms. The minimum atomic E-state index is -0.0679. The number of ether oxygens (including phenoxy) is 2. The first-order chi connectivity index (χ1) is 13.2. The van der Waals surface area contributed by atoms with Crippen LogP contribution >= 0.6 is 0 Å². The summed E-state index contributed by atoms with van der Waals surface area (Å²) in [6.45, 7) is 1.30. The molecule has 1 aliphatic carbocycles. The molecule has 0 radical (unpaired) electrons. The molecule has 7 nitrogen and oxygen atoms in total. The van der Waals surface area contributed by atoms with Crippen LogP contribution in [0.2, 0.25) is 0 Å². The predicted molar refractivity (Wildman–Crippen MR) is 101 cm³/mol. The standard InChI is InChI=1S/C20H20N4O3/c25-19(23-20-21-15-3-1-2-4-16(15)22-20)11-24(14-6-7-14)10-13-5-8-17-18(9-13)27-12-26-17/h1-5,8-9,14H,6-7,10-12H2,(H2,21,22,23,25). The van der Waals surface area contributed by atoms with Gasteiger partial charge in [0.2, 0.25) is 18.6 Å². The van der Waals surface area contributed by atoms with Crippen LogP contribution in [0, 0.1) is 0 Å². The molecule has 2 heterocycles. The largest absolute Gasteiger partial charge is 0.454 e. The first-order valence-corrected chi connectivity index (χ1v) is 9.12. The number of anilines is 1. The van der Waals surface area contributed by atoms with Crippen LogP contribution in [0.25, 0.3) is 11.0 Å². The summed E-state index contributed by atoms with van der Waals surface area (Å²) >= 11 is 0. The Labute approximate surface area is 156 Å². The topological polar surface area (TPSA) is 79.5 Å². The molecule has 2 aromatic carbocycles. The number of aromatic nitrogens is 2. The zero-order valence-electron chi connectivity index (χ0n) is 14.8. The summed E-state index contributed by atoms with van der Waals surface area (Å²) in [7, 11) is 0. The van der Waals surface area contributed by atoms with Gasteiger partial charge in [0.1, 0.15) is 0 Å². The maximum Gasteiger partial charge on any atom is 0.240 e. The molecule has 27 heavy (non-hydrogen) atoms. The highest BCUT2D eigenvalue weighted by Gasteiger charge is 2.30. The molecule has 1 aromatic heterocycles. The minimum Gasteiger partial charge on any atom is -0.454 e. The van der Waals surface area contributed by atoms with Crippen molar-refractivity contribution in [2.24, 2.45) is 0 Å². The van der Waals surface area contributed by atoms with Crippen LogP contribution in [0.4, 0.5) is 5.95 Å². The SMILES string of the molecule is O=C(CN(Cc1ccc2c(c1)OCO2)C1CC1)Nc1nc2ccccc2[nH]1. The van der Waals surface area contributed by atoms with Gasteiger partial charge < -0.3 is 14.5 Å². The van der Waals surface area contributed by atoms with E-state index in [0.717, 1.165) is 40.9 Å². The highest BCUT2D eigenvalue weighted by molar-refractivity contribution is 5.92. The molecule has 138 valence electrons. The lowest BCUT2D eigenvalue weighted by Crippen LogP contribution is -2.34. The average Bonchev–Trinajstić information content (AvgIpc) is 3.27. The lowest BCUT2D eigenvalue weighted by atomic mass is 10.2. The second-order valence-corrected chi connectivity index (χ2v) is 6.97. The van der Waals surface area contributed by atoms with Gasteiger partial charge in [0, 0.05) is 12.6 Å². The Morgan fingerprint density at radius 2 is 2.04 bits per heavy atom. The van der Waals surface area contributed by atoms with Gasteiger partial charge in [-0.15, -0.1) is 0 Å². The lowest BCUT2D eigenvalue weighted by molar-refractivity contribution is -0.117. The van der Waals surface area contributed by atoms with Gasteiger partial charge >= 0.3 is 0 Å². The third-order valence-corrected chi connectivity index (χ3v) is 4.88. The van der Waals surface area contributed by atoms with E-state index in [-0.39, 0.29) is 12.7 Å². The molecule has 0 bridgehead atoms. The summed E-state index contributed by atoms with van der Waals surface area (Å²) in [4.78, 5) is 22.3. The van der Waals surface area contributed by atoms with E-state index in [9.17, 15) is 4.79 Å². The molecule has 0 atom stereocenters. The fourth-order valence-corrected chi connectivity index (χ4v) is 3.40. The first-order valence-electron chi connectivity index (χ1n) is 9.12. The number of para-hydroxylation sites is 2. The number of amides is 1. The van der Waals surface area contributed by atoms with Crippen LogP contribution < -0.4 is 14.8 Å². The van der Waals surface area contributed by atoms with Gasteiger partial charge in [-0.3, -0.25) is 15.0 Å². The summed E-state index contributed by atoms with van der Waals surface area (Å²) < 4.78 is 10.8. The van der Waals surface area contributed by atoms with Crippen molar-refractivity contribution in [1.29, 1.82) is 0 Å². The van der Waals surface area contributed by atoms with Crippen LogP contribution in [-0.2, 0) is 11.3 Å². The zero-order chi connectivity index (χ0) is 18.2. The fraction of sp³-hybridized carbons (Fsp3) is 0.300. The second-order valence-electron chi connectivity index (χ2n) is 6.97. The number of nitrogens with zero attached hydrogens (tertiary/aromatic N) is 2. The Bertz CT molecular complexity index is 963. The predicted octanol–water partition coefficient (Wildman–Crippen LogP) is 2.89. The van der Waals surface area contributed by atoms with Crippen LogP contribution in [0.1, 0.15) is 18.4 Å². The van der Waals surface area contributed by atoms with Crippen LogP contribution in [0.5, 0.6) is 11.5 Å². The number of hydrogen-bond acceptors (Lipinski definition) is 5. The van der Waals surface area contributed by atoms with Gasteiger partial charge in [0.15, 0.2) is 11.5 Å². The molecule has 0 unspecified atom stereocenters. The summed E-state index contributed by atoms with van der Waals surface area (Å²) in [6, 6.07) is 14.1. The quantitative estimate of drug-likeness (QED) is 0.703. The molecule has 7 heteroatoms. The van der Waals surface area contributed by atoms with E-state index in [1.54, 1.807) is 0 Å². The summed E-state index contributed by atoms with van der Waals surface area (Å²) in [6.07, 6.45) is 2.25. The van der Waals surface area contributed by atoms with E-state index in [1.165, 1.54) is 0 Å². The summed E-state index contributed by atoms with van der Waals surface area (Å²) in [5.74, 6) is 1.97. The van der Waals surface area contributed by atoms with Crippen LogP contribution in [0.15, 0.2) is 42.5 Å². The number of benzene rings is 2. The van der Waals surface area contributed by atoms with Crippen molar-refractivity contribution in [3.63, 3.8) is 0 Å². The molecule has 2 N–H and O–H groups in total. The van der Waals surface area contributed by atoms with E-state index in [0.29, 0.717) is 25.1 Å². The van der Waals surface area contributed by atoms with E-state index >= 15 is 0 Å². The monoisotopic (exact) mass is 364 g/mol. The van der Waals surface area contributed by atoms with E-state index in [4.69, 9.17) is 9.47 Å². The van der Waals surface area contributed by atoms with Gasteiger partial charge in [0.25, 0.3) is 0 Å². The highest BCUT2D eigenvalue weighted by Crippen LogP contribution is 2.34. The normalized spacial score (nSPS) is 15.4. The number of carbonyl (C=O) groups excluding carboxylic acids is 1. The smallest absolute Gasteiger partial charge is 0.240 e. The van der Waals surface area contributed by atoms with Gasteiger partial charge in [-0.2, -0.15) is 0 Å². The van der Waals surface area contributed by atoms with Crippen molar-refractivity contribution < 1.29 is 14.3 Å². The molecule has 1 saturated carbocycles. The number of fused-ring (bicyclic) bond motifs is 2. The number of hydrogen-bond donors (Lipinski definition) is 2. The van der Waals surface area contributed by atoms with Crippen molar-refractivity contribution in [1.82, 2.24) is 14.9 Å². The molecule has 1 fully saturated rings. The molecule has 1 aliphatic heterocycles. The highest BCUT2D eigenvalue weighted by atomic mass is 16.7. The Morgan fingerprint density at radius 3 is 2.89 bits per heavy atom. The third kappa shape index (κ3) is 3.46. The number of rotatable bonds is 6. The number of carbonyl (C=O) groups is 1. The van der Waals surface area contributed by atoms with E-state index < -0.39 is 0 Å². The van der Waals surface area contributed by atoms with Gasteiger partial charge in [-0.05, 0) is 42.7 Å². The van der Waals surface area contributed by atoms with E-state index in [1.807, 2.05) is 42.5 Å². The second kappa shape index (κ2) is 6.59. The number of nitrogens with one attached hydrogen (secondary N) is 2. The number of aromatic amines is 1. The van der Waals surface area contributed by atoms with Crippen molar-refractivity contribution in [2.75, 3.05) is 18.7 Å². The fourth-order valence-electron chi connectivity index (χ4n) is 3.40. The Kier molecular flexibility index (Phi) is 3.94. The Balaban J connectivity index is 1.26. The van der Waals surface area contributed by atoms with Crippen LogP contribution in [0.3, 0.4) is 0 Å². The lowest BCUT2D eigenvalue weighted by Gasteiger charge is -2.21. The maximum atomic E-state index is 12.6. The summed E-state index contributed by atoms with van der Waals surface area (Å²) in [5.41, 5.74) is 2.86. The maximum absolute atomic E-state index is 12.6. The molecular formula is C20H20N4O3. The molecule has 3 aromatic rings. The molecule has 2 aliphatic rings. The van der Waals surface area contributed by atoms with Crippen molar-refractivity contribution in [3.05, 3.63) is 48.0 Å². The Morgan fingerprint density at radius 1 is 1.19 bits per heavy atom. The number of imidazole rings is 1. The minimum absolute atomic E-state index is 0.0679. The van der Waals surface area contributed by atoms with Gasteiger partial charge in [0.05, 0.1) is 17.6 Å². The van der Waals surface area contributed by atoms with Crippen molar-refractivity contribution in [3.8, 4) is 11.5 Å². The van der Waals surface area contributed by atoms with Crippen LogP contribution in [-0.4, -0.2) is 40.2 Å². The third-order valence-electron chi connectivity index (χ3n) is 4.88. The summed E-state index contributed by atoms with van der Waals surface area (Å²) in [5, 5.41) is 2.88. The van der Waals surface area contributed by atoms with Crippen molar-refractivity contribution in [2.45, 2.75) is 25.4 Å². The van der Waals surface area contributed by atoms with Crippen molar-refractivity contribution >= 4 is 22.9 Å².